The number of rotatable bonds is 2. The van der Waals surface area contributed by atoms with Crippen LogP contribution in [0.5, 0.6) is 0 Å². The highest BCUT2D eigenvalue weighted by Gasteiger charge is 2.33. The van der Waals surface area contributed by atoms with Gasteiger partial charge in [-0.25, -0.2) is 13.4 Å². The molecule has 3 heterocycles. The minimum Gasteiger partial charge on any atom is -0.349 e. The van der Waals surface area contributed by atoms with Crippen molar-refractivity contribution in [3.8, 4) is 0 Å². The lowest BCUT2D eigenvalue weighted by Crippen LogP contribution is -2.40. The molecular formula is C13H14ClN3O2S. The number of aromatic nitrogens is 2. The lowest BCUT2D eigenvalue weighted by Gasteiger charge is -2.33. The second-order valence-electron chi connectivity index (χ2n) is 4.73. The molecule has 106 valence electrons. The van der Waals surface area contributed by atoms with E-state index in [0.717, 1.165) is 5.69 Å². The first-order valence-electron chi connectivity index (χ1n) is 6.28. The first-order chi connectivity index (χ1) is 9.50. The molecule has 0 N–H and O–H groups in total. The van der Waals surface area contributed by atoms with Gasteiger partial charge in [0, 0.05) is 31.2 Å². The van der Waals surface area contributed by atoms with Crippen molar-refractivity contribution in [3.05, 3.63) is 47.5 Å². The Bertz CT molecular complexity index is 724. The predicted molar refractivity (Wildman–Crippen MR) is 76.0 cm³/mol. The van der Waals surface area contributed by atoms with E-state index in [1.165, 1.54) is 22.6 Å². The fourth-order valence-electron chi connectivity index (χ4n) is 2.54. The average Bonchev–Trinajstić information content (AvgIpc) is 2.88. The molecule has 0 spiro atoms. The Hall–Kier alpha value is -1.37. The number of nitrogens with zero attached hydrogens (tertiary/aromatic N) is 3. The number of sulfonamides is 1. The van der Waals surface area contributed by atoms with Gasteiger partial charge in [0.1, 0.15) is 10.0 Å². The Morgan fingerprint density at radius 3 is 2.80 bits per heavy atom. The van der Waals surface area contributed by atoms with Crippen molar-refractivity contribution in [1.82, 2.24) is 13.9 Å². The highest BCUT2D eigenvalue weighted by Crippen LogP contribution is 2.30. The summed E-state index contributed by atoms with van der Waals surface area (Å²) in [5, 5.41) is 0.282. The molecule has 5 nitrogen and oxygen atoms in total. The van der Waals surface area contributed by atoms with Crippen LogP contribution in [0.25, 0.3) is 0 Å². The molecule has 0 fully saturated rings. The molecule has 7 heteroatoms. The molecule has 3 rings (SSSR count). The molecule has 1 aliphatic heterocycles. The summed E-state index contributed by atoms with van der Waals surface area (Å²) in [7, 11) is -3.55. The summed E-state index contributed by atoms with van der Waals surface area (Å²) in [6.07, 6.45) is 3.28. The number of halogens is 1. The molecule has 2 aromatic rings. The van der Waals surface area contributed by atoms with E-state index in [1.54, 1.807) is 0 Å². The second kappa shape index (κ2) is 4.87. The molecule has 0 radical (unpaired) electrons. The standard InChI is InChI=1S/C13H14ClN3O2S/c1-10-12-3-2-6-16(12)7-8-17(10)20(18,19)11-4-5-13(14)15-9-11/h2-6,9-10H,7-8H2,1H3/t10-/m0/s1. The van der Waals surface area contributed by atoms with Crippen LogP contribution in [0.1, 0.15) is 18.7 Å². The molecule has 0 aliphatic carbocycles. The van der Waals surface area contributed by atoms with Gasteiger partial charge in [0.2, 0.25) is 10.0 Å². The van der Waals surface area contributed by atoms with E-state index in [4.69, 9.17) is 11.6 Å². The Morgan fingerprint density at radius 2 is 2.10 bits per heavy atom. The molecule has 20 heavy (non-hydrogen) atoms. The minimum atomic E-state index is -3.55. The number of fused-ring (bicyclic) bond motifs is 1. The fourth-order valence-corrected chi connectivity index (χ4v) is 4.19. The van der Waals surface area contributed by atoms with Gasteiger partial charge in [-0.1, -0.05) is 11.6 Å². The lowest BCUT2D eigenvalue weighted by molar-refractivity contribution is 0.282. The maximum absolute atomic E-state index is 12.7. The van der Waals surface area contributed by atoms with Crippen molar-refractivity contribution >= 4 is 21.6 Å². The van der Waals surface area contributed by atoms with Crippen molar-refractivity contribution in [3.63, 3.8) is 0 Å². The third kappa shape index (κ3) is 2.13. The molecule has 0 saturated heterocycles. The maximum atomic E-state index is 12.7. The normalized spacial score (nSPS) is 19.8. The summed E-state index contributed by atoms with van der Waals surface area (Å²) in [5.74, 6) is 0. The molecule has 0 saturated carbocycles. The average molecular weight is 312 g/mol. The highest BCUT2D eigenvalue weighted by molar-refractivity contribution is 7.89. The van der Waals surface area contributed by atoms with Crippen molar-refractivity contribution in [1.29, 1.82) is 0 Å². The zero-order chi connectivity index (χ0) is 14.3. The minimum absolute atomic E-state index is 0.175. The van der Waals surface area contributed by atoms with Crippen molar-refractivity contribution in [2.24, 2.45) is 0 Å². The van der Waals surface area contributed by atoms with Gasteiger partial charge in [-0.3, -0.25) is 0 Å². The van der Waals surface area contributed by atoms with Crippen LogP contribution < -0.4 is 0 Å². The van der Waals surface area contributed by atoms with Gasteiger partial charge in [-0.05, 0) is 31.2 Å². The summed E-state index contributed by atoms with van der Waals surface area (Å²) in [6, 6.07) is 6.68. The molecule has 0 unspecified atom stereocenters. The summed E-state index contributed by atoms with van der Waals surface area (Å²) in [6.45, 7) is 3.01. The van der Waals surface area contributed by atoms with Gasteiger partial charge < -0.3 is 4.57 Å². The van der Waals surface area contributed by atoms with E-state index < -0.39 is 10.0 Å². The second-order valence-corrected chi connectivity index (χ2v) is 7.01. The molecular weight excluding hydrogens is 298 g/mol. The van der Waals surface area contributed by atoms with Gasteiger partial charge in [-0.15, -0.1) is 0 Å². The van der Waals surface area contributed by atoms with E-state index in [1.807, 2.05) is 25.3 Å². The SMILES string of the molecule is C[C@H]1c2cccn2CCN1S(=O)(=O)c1ccc(Cl)nc1. The van der Waals surface area contributed by atoms with Gasteiger partial charge in [0.15, 0.2) is 0 Å². The maximum Gasteiger partial charge on any atom is 0.245 e. The number of pyridine rings is 1. The smallest absolute Gasteiger partial charge is 0.245 e. The quantitative estimate of drug-likeness (QED) is 0.800. The molecule has 2 aromatic heterocycles. The Balaban J connectivity index is 1.99. The van der Waals surface area contributed by atoms with Gasteiger partial charge >= 0.3 is 0 Å². The summed E-state index contributed by atoms with van der Waals surface area (Å²) in [5.41, 5.74) is 1.00. The summed E-state index contributed by atoms with van der Waals surface area (Å²) >= 11 is 5.71. The third-order valence-electron chi connectivity index (χ3n) is 3.59. The molecule has 0 aromatic carbocycles. The Kier molecular flexibility index (Phi) is 3.32. The van der Waals surface area contributed by atoms with Crippen LogP contribution in [0, 0.1) is 0 Å². The van der Waals surface area contributed by atoms with Gasteiger partial charge in [0.25, 0.3) is 0 Å². The first-order valence-corrected chi connectivity index (χ1v) is 8.10. The van der Waals surface area contributed by atoms with E-state index >= 15 is 0 Å². The van der Waals surface area contributed by atoms with E-state index in [0.29, 0.717) is 13.1 Å². The van der Waals surface area contributed by atoms with Crippen LogP contribution in [0.15, 0.2) is 41.6 Å². The molecule has 0 bridgehead atoms. The zero-order valence-electron chi connectivity index (χ0n) is 10.9. The van der Waals surface area contributed by atoms with Crippen molar-refractivity contribution < 1.29 is 8.42 Å². The Morgan fingerprint density at radius 1 is 1.30 bits per heavy atom. The van der Waals surface area contributed by atoms with Gasteiger partial charge in [0.05, 0.1) is 6.04 Å². The molecule has 0 amide bonds. The van der Waals surface area contributed by atoms with Gasteiger partial charge in [-0.2, -0.15) is 4.31 Å². The summed E-state index contributed by atoms with van der Waals surface area (Å²) in [4.78, 5) is 4.03. The molecule has 1 aliphatic rings. The van der Waals surface area contributed by atoms with Crippen LogP contribution in [-0.4, -0.2) is 28.8 Å². The van der Waals surface area contributed by atoms with E-state index in [2.05, 4.69) is 9.55 Å². The zero-order valence-corrected chi connectivity index (χ0v) is 12.5. The third-order valence-corrected chi connectivity index (χ3v) is 5.77. The van der Waals surface area contributed by atoms with Crippen molar-refractivity contribution in [2.45, 2.75) is 24.4 Å². The monoisotopic (exact) mass is 311 g/mol. The van der Waals surface area contributed by atoms with E-state index in [-0.39, 0.29) is 16.1 Å². The van der Waals surface area contributed by atoms with Crippen molar-refractivity contribution in [2.75, 3.05) is 6.54 Å². The molecule has 1 atom stereocenters. The largest absolute Gasteiger partial charge is 0.349 e. The van der Waals surface area contributed by atoms with Crippen LogP contribution >= 0.6 is 11.6 Å². The van der Waals surface area contributed by atoms with Crippen LogP contribution in [0.4, 0.5) is 0 Å². The number of hydrogen-bond donors (Lipinski definition) is 0. The highest BCUT2D eigenvalue weighted by atomic mass is 35.5. The predicted octanol–water partition coefficient (Wildman–Crippen LogP) is 2.30. The first kappa shape index (κ1) is 13.6. The van der Waals surface area contributed by atoms with E-state index in [9.17, 15) is 8.42 Å². The number of hydrogen-bond acceptors (Lipinski definition) is 3. The fraction of sp³-hybridized carbons (Fsp3) is 0.308. The summed E-state index contributed by atoms with van der Waals surface area (Å²) < 4.78 is 28.9. The lowest BCUT2D eigenvalue weighted by atomic mass is 10.2. The van der Waals surface area contributed by atoms with Crippen LogP contribution in [0.2, 0.25) is 5.15 Å². The van der Waals surface area contributed by atoms with Crippen LogP contribution in [-0.2, 0) is 16.6 Å². The van der Waals surface area contributed by atoms with Crippen LogP contribution in [0.3, 0.4) is 0 Å². The Labute approximate surface area is 122 Å². The topological polar surface area (TPSA) is 55.2 Å².